The van der Waals surface area contributed by atoms with Crippen molar-refractivity contribution in [3.63, 3.8) is 0 Å². The fraction of sp³-hybridized carbons (Fsp3) is 0.444. The van der Waals surface area contributed by atoms with E-state index in [9.17, 15) is 18.8 Å². The highest BCUT2D eigenvalue weighted by molar-refractivity contribution is 6.01. The Bertz CT molecular complexity index is 2060. The molecule has 298 valence electrons. The molecule has 3 amide bonds. The molecule has 1 aromatic heterocycles. The topological polar surface area (TPSA) is 128 Å². The molecule has 1 unspecified atom stereocenters. The molecule has 4 fully saturated rings. The molecular weight excluding hydrogens is 725 g/mol. The first-order valence-electron chi connectivity index (χ1n) is 20.6. The van der Waals surface area contributed by atoms with Gasteiger partial charge in [0.05, 0.1) is 6.20 Å². The molecular formula is C45H51F2N7O3. The average molecular weight is 776 g/mol. The number of imide groups is 1. The molecule has 3 heterocycles. The molecule has 4 N–H and O–H groups in total. The summed E-state index contributed by atoms with van der Waals surface area (Å²) in [6.45, 7) is 1.82. The number of rotatable bonds is 10. The van der Waals surface area contributed by atoms with Gasteiger partial charge in [0.2, 0.25) is 23.7 Å². The summed E-state index contributed by atoms with van der Waals surface area (Å²) in [5, 5.41) is 12.2. The number of piperidine rings is 2. The van der Waals surface area contributed by atoms with Crippen molar-refractivity contribution in [3.05, 3.63) is 96.2 Å². The highest BCUT2D eigenvalue weighted by Gasteiger charge is 2.34. The smallest absolute Gasteiger partial charge is 0.249 e. The molecule has 2 aliphatic heterocycles. The summed E-state index contributed by atoms with van der Waals surface area (Å²) in [5.41, 5.74) is 4.28. The number of nitrogens with zero attached hydrogens (tertiary/aromatic N) is 3. The molecule has 3 aromatic carbocycles. The van der Waals surface area contributed by atoms with E-state index in [0.717, 1.165) is 88.4 Å². The molecule has 4 aromatic rings. The van der Waals surface area contributed by atoms with Crippen LogP contribution < -0.4 is 21.3 Å². The fourth-order valence-electron chi connectivity index (χ4n) is 9.26. The lowest BCUT2D eigenvalue weighted by molar-refractivity contribution is -0.133. The van der Waals surface area contributed by atoms with E-state index >= 15 is 4.39 Å². The SMILES string of the molecule is O=C1CCC(Nc2ccc(C3CCN(C4CCC(C(=O)NC5CCC(Nc6ncc(F)c(-c7cccc(-c8ccccc8)c7)n6)CC5)CC4)CC3)c(F)c2)C(=O)N1. The lowest BCUT2D eigenvalue weighted by atomic mass is 9.82. The molecule has 1 atom stereocenters. The maximum Gasteiger partial charge on any atom is 0.249 e. The molecule has 0 radical (unpaired) electrons. The van der Waals surface area contributed by atoms with E-state index in [2.05, 4.69) is 36.1 Å². The molecule has 8 rings (SSSR count). The number of hydrogen-bond acceptors (Lipinski definition) is 8. The van der Waals surface area contributed by atoms with E-state index in [1.165, 1.54) is 12.3 Å². The Labute approximate surface area is 332 Å². The van der Waals surface area contributed by atoms with E-state index in [4.69, 9.17) is 0 Å². The molecule has 2 aliphatic carbocycles. The largest absolute Gasteiger partial charge is 0.374 e. The Morgan fingerprint density at radius 3 is 2.18 bits per heavy atom. The standard InChI is InChI=1S/C45H51F2N7O3/c46-38-26-35(49-40-19-20-41(55)52-44(40)57)15-18-37(38)29-21-23-54(24-22-29)36-16-9-30(10-17-36)43(56)50-33-11-13-34(14-12-33)51-45-48-27-39(47)42(53-45)32-8-4-7-31(25-32)28-5-2-1-3-6-28/h1-8,15,18,25-27,29-30,33-34,36,40,49H,9-14,16-17,19-24H2,(H,50,56)(H,48,51,53)(H,52,55,57). The van der Waals surface area contributed by atoms with E-state index < -0.39 is 11.9 Å². The third-order valence-corrected chi connectivity index (χ3v) is 12.5. The minimum absolute atomic E-state index is 0.0301. The number of benzene rings is 3. The monoisotopic (exact) mass is 775 g/mol. The van der Waals surface area contributed by atoms with Gasteiger partial charge in [-0.3, -0.25) is 19.7 Å². The second-order valence-corrected chi connectivity index (χ2v) is 16.2. The molecule has 2 saturated heterocycles. The van der Waals surface area contributed by atoms with Crippen molar-refractivity contribution in [1.82, 2.24) is 25.5 Å². The number of anilines is 2. The summed E-state index contributed by atoms with van der Waals surface area (Å²) in [6.07, 6.45) is 10.8. The van der Waals surface area contributed by atoms with Gasteiger partial charge in [0.1, 0.15) is 17.6 Å². The number of likely N-dealkylation sites (tertiary alicyclic amines) is 1. The summed E-state index contributed by atoms with van der Waals surface area (Å²) >= 11 is 0. The Morgan fingerprint density at radius 2 is 1.44 bits per heavy atom. The van der Waals surface area contributed by atoms with Crippen LogP contribution in [0, 0.1) is 17.6 Å². The van der Waals surface area contributed by atoms with Crippen LogP contribution in [0.15, 0.2) is 79.0 Å². The molecule has 4 aliphatic rings. The highest BCUT2D eigenvalue weighted by Crippen LogP contribution is 2.36. The van der Waals surface area contributed by atoms with Crippen molar-refractivity contribution in [1.29, 1.82) is 0 Å². The lowest BCUT2D eigenvalue weighted by Crippen LogP contribution is -2.47. The van der Waals surface area contributed by atoms with Crippen molar-refractivity contribution >= 4 is 29.4 Å². The number of nitrogens with one attached hydrogen (secondary N) is 4. The first-order valence-corrected chi connectivity index (χ1v) is 20.6. The molecule has 10 nitrogen and oxygen atoms in total. The normalized spacial score (nSPS) is 24.7. The highest BCUT2D eigenvalue weighted by atomic mass is 19.1. The van der Waals surface area contributed by atoms with Crippen LogP contribution in [-0.4, -0.2) is 69.8 Å². The van der Waals surface area contributed by atoms with Crippen LogP contribution in [0.2, 0.25) is 0 Å². The summed E-state index contributed by atoms with van der Waals surface area (Å²) in [5.74, 6) is -0.631. The van der Waals surface area contributed by atoms with E-state index in [1.807, 2.05) is 66.7 Å². The van der Waals surface area contributed by atoms with E-state index in [-0.39, 0.29) is 59.6 Å². The summed E-state index contributed by atoms with van der Waals surface area (Å²) < 4.78 is 30.2. The molecule has 12 heteroatoms. The van der Waals surface area contributed by atoms with E-state index in [0.29, 0.717) is 35.2 Å². The van der Waals surface area contributed by atoms with Gasteiger partial charge in [-0.15, -0.1) is 0 Å². The van der Waals surface area contributed by atoms with Crippen LogP contribution in [0.3, 0.4) is 0 Å². The van der Waals surface area contributed by atoms with Gasteiger partial charge in [0, 0.05) is 41.7 Å². The number of carbonyl (C=O) groups excluding carboxylic acids is 3. The molecule has 0 bridgehead atoms. The van der Waals surface area contributed by atoms with Gasteiger partial charge in [-0.05, 0) is 125 Å². The van der Waals surface area contributed by atoms with Crippen LogP contribution >= 0.6 is 0 Å². The minimum Gasteiger partial charge on any atom is -0.374 e. The number of aromatic nitrogens is 2. The Hall–Kier alpha value is -5.23. The Kier molecular flexibility index (Phi) is 11.9. The Balaban J connectivity index is 0.756. The van der Waals surface area contributed by atoms with Gasteiger partial charge in [-0.25, -0.2) is 18.7 Å². The van der Waals surface area contributed by atoms with Crippen molar-refractivity contribution in [2.24, 2.45) is 5.92 Å². The van der Waals surface area contributed by atoms with Gasteiger partial charge < -0.3 is 20.9 Å². The zero-order chi connectivity index (χ0) is 39.3. The van der Waals surface area contributed by atoms with Crippen molar-refractivity contribution < 1.29 is 23.2 Å². The lowest BCUT2D eigenvalue weighted by Gasteiger charge is -2.41. The predicted octanol–water partition coefficient (Wildman–Crippen LogP) is 7.58. The van der Waals surface area contributed by atoms with Gasteiger partial charge in [0.15, 0.2) is 5.82 Å². The van der Waals surface area contributed by atoms with Crippen LogP contribution in [0.5, 0.6) is 0 Å². The zero-order valence-electron chi connectivity index (χ0n) is 32.2. The van der Waals surface area contributed by atoms with E-state index in [1.54, 1.807) is 0 Å². The van der Waals surface area contributed by atoms with Crippen molar-refractivity contribution in [2.45, 2.75) is 107 Å². The molecule has 2 saturated carbocycles. The predicted molar refractivity (Wildman–Crippen MR) is 216 cm³/mol. The van der Waals surface area contributed by atoms with Gasteiger partial charge in [-0.1, -0.05) is 54.6 Å². The number of amides is 3. The minimum atomic E-state index is -0.545. The van der Waals surface area contributed by atoms with Gasteiger partial charge >= 0.3 is 0 Å². The maximum absolute atomic E-state index is 15.3. The fourth-order valence-corrected chi connectivity index (χ4v) is 9.26. The number of hydrogen-bond donors (Lipinski definition) is 4. The molecule has 57 heavy (non-hydrogen) atoms. The average Bonchev–Trinajstić information content (AvgIpc) is 3.24. The van der Waals surface area contributed by atoms with Crippen molar-refractivity contribution in [3.8, 4) is 22.4 Å². The quantitative estimate of drug-likeness (QED) is 0.122. The number of halogens is 2. The van der Waals surface area contributed by atoms with Crippen LogP contribution in [0.25, 0.3) is 22.4 Å². The third kappa shape index (κ3) is 9.33. The summed E-state index contributed by atoms with van der Waals surface area (Å²) in [7, 11) is 0. The van der Waals surface area contributed by atoms with Gasteiger partial charge in [-0.2, -0.15) is 0 Å². The molecule has 0 spiro atoms. The number of carbonyl (C=O) groups is 3. The Morgan fingerprint density at radius 1 is 0.719 bits per heavy atom. The first-order chi connectivity index (χ1) is 27.8. The second kappa shape index (κ2) is 17.5. The first kappa shape index (κ1) is 38.6. The van der Waals surface area contributed by atoms with Crippen molar-refractivity contribution in [2.75, 3.05) is 23.7 Å². The maximum atomic E-state index is 15.3. The summed E-state index contributed by atoms with van der Waals surface area (Å²) in [4.78, 5) is 48.3. The van der Waals surface area contributed by atoms with Crippen LogP contribution in [-0.2, 0) is 14.4 Å². The van der Waals surface area contributed by atoms with Gasteiger partial charge in [0.25, 0.3) is 0 Å². The van der Waals surface area contributed by atoms with Crippen LogP contribution in [0.1, 0.15) is 88.5 Å². The summed E-state index contributed by atoms with van der Waals surface area (Å²) in [6, 6.07) is 23.0. The van der Waals surface area contributed by atoms with Crippen LogP contribution in [0.4, 0.5) is 20.4 Å². The zero-order valence-corrected chi connectivity index (χ0v) is 32.2. The third-order valence-electron chi connectivity index (χ3n) is 12.5. The second-order valence-electron chi connectivity index (χ2n) is 16.2.